The summed E-state index contributed by atoms with van der Waals surface area (Å²) in [5, 5.41) is 6.53. The van der Waals surface area contributed by atoms with E-state index in [1.54, 1.807) is 28.0 Å². The Labute approximate surface area is 229 Å². The summed E-state index contributed by atoms with van der Waals surface area (Å²) in [4.78, 5) is 34.6. The van der Waals surface area contributed by atoms with Crippen molar-refractivity contribution in [1.29, 1.82) is 0 Å². The molecule has 5 rings (SSSR count). The molecule has 4 heterocycles. The number of piperazine rings is 1. The largest absolute Gasteiger partial charge is 0.449 e. The van der Waals surface area contributed by atoms with Crippen LogP contribution >= 0.6 is 0 Å². The van der Waals surface area contributed by atoms with Crippen LogP contribution in [0.15, 0.2) is 53.1 Å². The summed E-state index contributed by atoms with van der Waals surface area (Å²) < 4.78 is 45.4. The predicted octanol–water partition coefficient (Wildman–Crippen LogP) is 5.91. The lowest BCUT2D eigenvalue weighted by Gasteiger charge is -2.46. The van der Waals surface area contributed by atoms with Crippen molar-refractivity contribution in [3.8, 4) is 11.3 Å². The second-order valence-electron chi connectivity index (χ2n) is 11.7. The second kappa shape index (κ2) is 9.50. The number of hydrogen-bond donors (Lipinski definition) is 1. The molecule has 0 atom stereocenters. The monoisotopic (exact) mass is 553 g/mol. The van der Waals surface area contributed by atoms with E-state index < -0.39 is 22.7 Å². The zero-order chi connectivity index (χ0) is 29.0. The molecule has 8 nitrogen and oxygen atoms in total. The molecule has 40 heavy (non-hydrogen) atoms. The third-order valence-corrected chi connectivity index (χ3v) is 7.17. The quantitative estimate of drug-likeness (QED) is 0.340. The van der Waals surface area contributed by atoms with Gasteiger partial charge in [0.2, 0.25) is 0 Å². The lowest BCUT2D eigenvalue weighted by molar-refractivity contribution is -0.137. The lowest BCUT2D eigenvalue weighted by Crippen LogP contribution is -2.62. The molecule has 1 aliphatic heterocycles. The number of benzene rings is 1. The van der Waals surface area contributed by atoms with E-state index in [0.29, 0.717) is 47.7 Å². The minimum absolute atomic E-state index is 0.110. The lowest BCUT2D eigenvalue weighted by atomic mass is 9.86. The van der Waals surface area contributed by atoms with E-state index in [4.69, 9.17) is 4.42 Å². The summed E-state index contributed by atoms with van der Waals surface area (Å²) in [5.41, 5.74) is 1.24. The average molecular weight is 554 g/mol. The van der Waals surface area contributed by atoms with Crippen molar-refractivity contribution in [1.82, 2.24) is 25.0 Å². The van der Waals surface area contributed by atoms with Gasteiger partial charge in [-0.2, -0.15) is 18.3 Å². The standard InChI is InChI=1S/C29H30F3N5O3/c1-27(2,3)19-14-21(17-6-8-18(9-7-17)29(30,31)32)34-22-15-23(40-24(19)22)26(39)37-13-12-36(16-28(37,4)5)25(38)20-10-11-33-35-20/h6-11,14-15H,12-13,16H2,1-5H3,(H,33,35). The number of furan rings is 1. The van der Waals surface area contributed by atoms with E-state index >= 15 is 0 Å². The molecule has 0 radical (unpaired) electrons. The number of aromatic amines is 1. The molecule has 1 aromatic carbocycles. The van der Waals surface area contributed by atoms with Gasteiger partial charge in [0, 0.05) is 43.0 Å². The van der Waals surface area contributed by atoms with E-state index in [1.165, 1.54) is 18.3 Å². The van der Waals surface area contributed by atoms with Crippen molar-refractivity contribution in [2.24, 2.45) is 0 Å². The number of fused-ring (bicyclic) bond motifs is 1. The molecule has 1 fully saturated rings. The number of rotatable bonds is 3. The number of nitrogens with one attached hydrogen (secondary N) is 1. The first-order valence-electron chi connectivity index (χ1n) is 12.9. The Bertz CT molecular complexity index is 1570. The highest BCUT2D eigenvalue weighted by Gasteiger charge is 2.40. The first-order valence-corrected chi connectivity index (χ1v) is 12.9. The van der Waals surface area contributed by atoms with Crippen molar-refractivity contribution in [3.05, 3.63) is 71.2 Å². The first kappa shape index (κ1) is 27.4. The molecule has 0 bridgehead atoms. The summed E-state index contributed by atoms with van der Waals surface area (Å²) in [6.45, 7) is 10.7. The highest BCUT2D eigenvalue weighted by atomic mass is 19.4. The Morgan fingerprint density at radius 3 is 2.27 bits per heavy atom. The van der Waals surface area contributed by atoms with E-state index in [2.05, 4.69) is 15.2 Å². The van der Waals surface area contributed by atoms with Crippen LogP contribution in [-0.2, 0) is 11.6 Å². The van der Waals surface area contributed by atoms with Gasteiger partial charge in [0.15, 0.2) is 11.3 Å². The van der Waals surface area contributed by atoms with E-state index in [9.17, 15) is 22.8 Å². The van der Waals surface area contributed by atoms with Crippen LogP contribution in [0.1, 0.15) is 66.8 Å². The second-order valence-corrected chi connectivity index (χ2v) is 11.7. The van der Waals surface area contributed by atoms with Crippen LogP contribution in [0.2, 0.25) is 0 Å². The van der Waals surface area contributed by atoms with Crippen LogP contribution in [0.3, 0.4) is 0 Å². The van der Waals surface area contributed by atoms with Crippen LogP contribution in [0.4, 0.5) is 13.2 Å². The Kier molecular flexibility index (Phi) is 6.51. The van der Waals surface area contributed by atoms with Crippen LogP contribution < -0.4 is 0 Å². The predicted molar refractivity (Wildman–Crippen MR) is 143 cm³/mol. The number of carbonyl (C=O) groups is 2. The maximum atomic E-state index is 13.7. The van der Waals surface area contributed by atoms with Crippen molar-refractivity contribution < 1.29 is 27.2 Å². The number of hydrogen-bond acceptors (Lipinski definition) is 5. The summed E-state index contributed by atoms with van der Waals surface area (Å²) in [6.07, 6.45) is -2.92. The number of nitrogens with zero attached hydrogens (tertiary/aromatic N) is 4. The minimum atomic E-state index is -4.43. The smallest absolute Gasteiger partial charge is 0.416 e. The molecule has 0 unspecified atom stereocenters. The SMILES string of the molecule is CC(C)(C)c1cc(-c2ccc(C(F)(F)F)cc2)nc2cc(C(=O)N3CCN(C(=O)c4ccn[nH]4)CC3(C)C)oc12. The molecular weight excluding hydrogens is 523 g/mol. The molecule has 3 aromatic heterocycles. The molecule has 0 saturated carbocycles. The van der Waals surface area contributed by atoms with Crippen LogP contribution in [0.5, 0.6) is 0 Å². The number of alkyl halides is 3. The van der Waals surface area contributed by atoms with Gasteiger partial charge >= 0.3 is 6.18 Å². The van der Waals surface area contributed by atoms with Crippen molar-refractivity contribution in [2.75, 3.05) is 19.6 Å². The Balaban J connectivity index is 1.47. The Morgan fingerprint density at radius 1 is 1.00 bits per heavy atom. The van der Waals surface area contributed by atoms with Crippen LogP contribution in [0.25, 0.3) is 22.4 Å². The van der Waals surface area contributed by atoms with Gasteiger partial charge in [-0.05, 0) is 43.5 Å². The molecule has 210 valence electrons. The summed E-state index contributed by atoms with van der Waals surface area (Å²) in [5.74, 6) is -0.400. The van der Waals surface area contributed by atoms with E-state index in [1.807, 2.05) is 34.6 Å². The summed E-state index contributed by atoms with van der Waals surface area (Å²) in [7, 11) is 0. The number of H-pyrrole nitrogens is 1. The molecule has 11 heteroatoms. The molecule has 1 aliphatic rings. The number of carbonyl (C=O) groups excluding carboxylic acids is 2. The number of pyridine rings is 1. The zero-order valence-electron chi connectivity index (χ0n) is 22.9. The fraction of sp³-hybridized carbons (Fsp3) is 0.379. The number of halogens is 3. The third-order valence-electron chi connectivity index (χ3n) is 7.17. The molecule has 1 saturated heterocycles. The minimum Gasteiger partial charge on any atom is -0.449 e. The third kappa shape index (κ3) is 5.07. The molecule has 0 aliphatic carbocycles. The number of amides is 2. The van der Waals surface area contributed by atoms with Gasteiger partial charge in [0.05, 0.1) is 16.8 Å². The van der Waals surface area contributed by atoms with E-state index in [-0.39, 0.29) is 17.6 Å². The molecular formula is C29H30F3N5O3. The Morgan fingerprint density at radius 2 is 1.70 bits per heavy atom. The highest BCUT2D eigenvalue weighted by Crippen LogP contribution is 2.36. The molecule has 0 spiro atoms. The van der Waals surface area contributed by atoms with Gasteiger partial charge in [-0.15, -0.1) is 0 Å². The fourth-order valence-electron chi connectivity index (χ4n) is 5.05. The van der Waals surface area contributed by atoms with Crippen molar-refractivity contribution >= 4 is 22.9 Å². The van der Waals surface area contributed by atoms with E-state index in [0.717, 1.165) is 17.7 Å². The van der Waals surface area contributed by atoms with Gasteiger partial charge < -0.3 is 14.2 Å². The van der Waals surface area contributed by atoms with Crippen LogP contribution in [0, 0.1) is 0 Å². The van der Waals surface area contributed by atoms with Crippen molar-refractivity contribution in [3.63, 3.8) is 0 Å². The van der Waals surface area contributed by atoms with Crippen LogP contribution in [-0.4, -0.2) is 62.0 Å². The zero-order valence-corrected chi connectivity index (χ0v) is 22.9. The first-order chi connectivity index (χ1) is 18.6. The average Bonchev–Trinajstić information content (AvgIpc) is 3.56. The molecule has 1 N–H and O–H groups in total. The molecule has 4 aromatic rings. The fourth-order valence-corrected chi connectivity index (χ4v) is 5.05. The van der Waals surface area contributed by atoms with Gasteiger partial charge in [-0.25, -0.2) is 4.98 Å². The Hall–Kier alpha value is -4.15. The van der Waals surface area contributed by atoms with Gasteiger partial charge in [0.25, 0.3) is 11.8 Å². The summed E-state index contributed by atoms with van der Waals surface area (Å²) in [6, 6.07) is 9.83. The van der Waals surface area contributed by atoms with Gasteiger partial charge in [-0.1, -0.05) is 32.9 Å². The normalized spacial score (nSPS) is 16.0. The maximum absolute atomic E-state index is 13.7. The maximum Gasteiger partial charge on any atom is 0.416 e. The topological polar surface area (TPSA) is 95.3 Å². The highest BCUT2D eigenvalue weighted by molar-refractivity contribution is 5.97. The van der Waals surface area contributed by atoms with Gasteiger partial charge in [0.1, 0.15) is 11.2 Å². The molecule has 2 amide bonds. The summed E-state index contributed by atoms with van der Waals surface area (Å²) >= 11 is 0. The van der Waals surface area contributed by atoms with Gasteiger partial charge in [-0.3, -0.25) is 14.7 Å². The number of aromatic nitrogens is 3. The van der Waals surface area contributed by atoms with Crippen molar-refractivity contribution in [2.45, 2.75) is 51.7 Å².